The molecule has 0 unspecified atom stereocenters. The molecule has 4 atom stereocenters. The Labute approximate surface area is 97.5 Å². The van der Waals surface area contributed by atoms with Gasteiger partial charge < -0.3 is 9.84 Å². The van der Waals surface area contributed by atoms with Crippen LogP contribution in [-0.4, -0.2) is 23.6 Å². The highest BCUT2D eigenvalue weighted by Crippen LogP contribution is 2.32. The number of hydrogen-bond donors (Lipinski definition) is 1. The Kier molecular flexibility index (Phi) is 4.54. The van der Waals surface area contributed by atoms with Gasteiger partial charge in [0.2, 0.25) is 0 Å². The van der Waals surface area contributed by atoms with Gasteiger partial charge in [-0.3, -0.25) is 4.79 Å². The predicted octanol–water partition coefficient (Wildman–Crippen LogP) is 2.15. The van der Waals surface area contributed by atoms with Gasteiger partial charge in [0.15, 0.2) is 5.78 Å². The van der Waals surface area contributed by atoms with Crippen molar-refractivity contribution in [2.75, 3.05) is 6.61 Å². The molecule has 0 saturated heterocycles. The molecule has 0 spiro atoms. The van der Waals surface area contributed by atoms with Gasteiger partial charge in [0.05, 0.1) is 19.0 Å². The molecule has 0 aromatic heterocycles. The first-order chi connectivity index (χ1) is 7.52. The van der Waals surface area contributed by atoms with Crippen molar-refractivity contribution in [3.63, 3.8) is 0 Å². The second kappa shape index (κ2) is 5.48. The molecule has 0 radical (unpaired) electrons. The maximum atomic E-state index is 12.1. The van der Waals surface area contributed by atoms with Crippen molar-refractivity contribution >= 4 is 5.78 Å². The van der Waals surface area contributed by atoms with Gasteiger partial charge in [-0.1, -0.05) is 20.8 Å². The lowest BCUT2D eigenvalue weighted by atomic mass is 9.79. The molecule has 1 aliphatic heterocycles. The molecule has 16 heavy (non-hydrogen) atoms. The number of aliphatic hydroxyl groups is 1. The maximum absolute atomic E-state index is 12.1. The van der Waals surface area contributed by atoms with E-state index in [9.17, 15) is 9.90 Å². The third kappa shape index (κ3) is 2.46. The van der Waals surface area contributed by atoms with E-state index in [1.807, 2.05) is 27.7 Å². The summed E-state index contributed by atoms with van der Waals surface area (Å²) in [4.78, 5) is 12.1. The predicted molar refractivity (Wildman–Crippen MR) is 62.8 cm³/mol. The summed E-state index contributed by atoms with van der Waals surface area (Å²) < 4.78 is 5.46. The molecule has 0 aromatic rings. The molecule has 0 saturated carbocycles. The fourth-order valence-electron chi connectivity index (χ4n) is 1.98. The van der Waals surface area contributed by atoms with Crippen LogP contribution in [0.15, 0.2) is 11.8 Å². The van der Waals surface area contributed by atoms with Crippen molar-refractivity contribution in [1.82, 2.24) is 0 Å². The second-order valence-electron chi connectivity index (χ2n) is 4.74. The maximum Gasteiger partial charge on any atom is 0.165 e. The summed E-state index contributed by atoms with van der Waals surface area (Å²) in [6, 6.07) is 0. The third-order valence-corrected chi connectivity index (χ3v) is 3.73. The molecule has 3 heteroatoms. The minimum atomic E-state index is -0.0785. The Morgan fingerprint density at radius 3 is 2.69 bits per heavy atom. The topological polar surface area (TPSA) is 46.5 Å². The van der Waals surface area contributed by atoms with Crippen LogP contribution in [0.3, 0.4) is 0 Å². The molecular weight excluding hydrogens is 204 g/mol. The van der Waals surface area contributed by atoms with Crippen LogP contribution in [0.5, 0.6) is 0 Å². The van der Waals surface area contributed by atoms with Gasteiger partial charge in [-0.25, -0.2) is 0 Å². The first-order valence-corrected chi connectivity index (χ1v) is 6.03. The molecule has 92 valence electrons. The molecule has 1 aliphatic rings. The Bertz CT molecular complexity index is 283. The number of hydrogen-bond acceptors (Lipinski definition) is 3. The van der Waals surface area contributed by atoms with E-state index in [-0.39, 0.29) is 36.2 Å². The van der Waals surface area contributed by atoms with E-state index in [1.54, 1.807) is 6.26 Å². The van der Waals surface area contributed by atoms with Crippen molar-refractivity contribution in [1.29, 1.82) is 0 Å². The van der Waals surface area contributed by atoms with Gasteiger partial charge in [-0.2, -0.15) is 0 Å². The summed E-state index contributed by atoms with van der Waals surface area (Å²) in [5.41, 5.74) is 0.655. The lowest BCUT2D eigenvalue weighted by Crippen LogP contribution is -2.36. The third-order valence-electron chi connectivity index (χ3n) is 3.73. The standard InChI is InChI=1S/C13H22O3/c1-5-8(2)13(15)12-7-16-10(4)9(3)11(12)6-14/h7-11,14H,5-6H2,1-4H3/t8-,9-,10-,11-/m0/s1. The first kappa shape index (κ1) is 13.2. The number of ether oxygens (including phenoxy) is 1. The zero-order valence-corrected chi connectivity index (χ0v) is 10.6. The zero-order valence-electron chi connectivity index (χ0n) is 10.6. The van der Waals surface area contributed by atoms with E-state index < -0.39 is 0 Å². The summed E-state index contributed by atoms with van der Waals surface area (Å²) in [6.07, 6.45) is 2.43. The summed E-state index contributed by atoms with van der Waals surface area (Å²) in [5.74, 6) is 0.216. The van der Waals surface area contributed by atoms with Crippen LogP contribution in [0.1, 0.15) is 34.1 Å². The number of aliphatic hydroxyl groups excluding tert-OH is 1. The fraction of sp³-hybridized carbons (Fsp3) is 0.769. The van der Waals surface area contributed by atoms with E-state index >= 15 is 0 Å². The Hall–Kier alpha value is -0.830. The van der Waals surface area contributed by atoms with Gasteiger partial charge in [-0.05, 0) is 13.3 Å². The minimum Gasteiger partial charge on any atom is -0.498 e. The van der Waals surface area contributed by atoms with E-state index in [2.05, 4.69) is 0 Å². The largest absolute Gasteiger partial charge is 0.498 e. The number of carbonyl (C=O) groups is 1. The van der Waals surface area contributed by atoms with Crippen LogP contribution in [0, 0.1) is 17.8 Å². The van der Waals surface area contributed by atoms with Gasteiger partial charge in [-0.15, -0.1) is 0 Å². The highest BCUT2D eigenvalue weighted by atomic mass is 16.5. The molecule has 0 fully saturated rings. The molecule has 0 bridgehead atoms. The van der Waals surface area contributed by atoms with Crippen LogP contribution in [0.4, 0.5) is 0 Å². The van der Waals surface area contributed by atoms with Crippen LogP contribution in [0.2, 0.25) is 0 Å². The summed E-state index contributed by atoms with van der Waals surface area (Å²) in [6.45, 7) is 7.91. The average molecular weight is 226 g/mol. The molecule has 0 aromatic carbocycles. The Morgan fingerprint density at radius 1 is 1.56 bits per heavy atom. The van der Waals surface area contributed by atoms with E-state index in [1.165, 1.54) is 0 Å². The van der Waals surface area contributed by atoms with Crippen molar-refractivity contribution in [2.24, 2.45) is 17.8 Å². The summed E-state index contributed by atoms with van der Waals surface area (Å²) >= 11 is 0. The van der Waals surface area contributed by atoms with E-state index in [4.69, 9.17) is 4.74 Å². The van der Waals surface area contributed by atoms with Crippen LogP contribution < -0.4 is 0 Å². The van der Waals surface area contributed by atoms with Gasteiger partial charge >= 0.3 is 0 Å². The highest BCUT2D eigenvalue weighted by Gasteiger charge is 2.34. The quantitative estimate of drug-likeness (QED) is 0.799. The second-order valence-corrected chi connectivity index (χ2v) is 4.74. The van der Waals surface area contributed by atoms with Crippen LogP contribution in [0.25, 0.3) is 0 Å². The Balaban J connectivity index is 2.90. The first-order valence-electron chi connectivity index (χ1n) is 6.03. The summed E-state index contributed by atoms with van der Waals surface area (Å²) in [7, 11) is 0. The van der Waals surface area contributed by atoms with E-state index in [0.717, 1.165) is 6.42 Å². The molecule has 1 N–H and O–H groups in total. The van der Waals surface area contributed by atoms with Gasteiger partial charge in [0.1, 0.15) is 0 Å². The van der Waals surface area contributed by atoms with Gasteiger partial charge in [0.25, 0.3) is 0 Å². The molecule has 3 nitrogen and oxygen atoms in total. The smallest absolute Gasteiger partial charge is 0.165 e. The summed E-state index contributed by atoms with van der Waals surface area (Å²) in [5, 5.41) is 9.40. The number of rotatable bonds is 4. The molecular formula is C13H22O3. The minimum absolute atomic E-state index is 0.00417. The zero-order chi connectivity index (χ0) is 12.3. The van der Waals surface area contributed by atoms with Gasteiger partial charge in [0, 0.05) is 23.3 Å². The van der Waals surface area contributed by atoms with Crippen molar-refractivity contribution in [3.8, 4) is 0 Å². The van der Waals surface area contributed by atoms with Crippen molar-refractivity contribution in [2.45, 2.75) is 40.2 Å². The highest BCUT2D eigenvalue weighted by molar-refractivity contribution is 5.97. The van der Waals surface area contributed by atoms with Crippen LogP contribution >= 0.6 is 0 Å². The molecule has 1 heterocycles. The van der Waals surface area contributed by atoms with Crippen molar-refractivity contribution in [3.05, 3.63) is 11.8 Å². The Morgan fingerprint density at radius 2 is 2.19 bits per heavy atom. The fourth-order valence-corrected chi connectivity index (χ4v) is 1.98. The van der Waals surface area contributed by atoms with Crippen LogP contribution in [-0.2, 0) is 9.53 Å². The monoisotopic (exact) mass is 226 g/mol. The molecule has 0 amide bonds. The SMILES string of the molecule is CC[C@H](C)C(=O)C1=CO[C@@H](C)[C@H](C)[C@@H]1CO. The average Bonchev–Trinajstić information content (AvgIpc) is 2.30. The number of carbonyl (C=O) groups excluding carboxylic acids is 1. The molecule has 1 rings (SSSR count). The molecule has 0 aliphatic carbocycles. The lowest BCUT2D eigenvalue weighted by Gasteiger charge is -2.33. The number of ketones is 1. The van der Waals surface area contributed by atoms with Crippen molar-refractivity contribution < 1.29 is 14.6 Å². The number of Topliss-reactive ketones (excluding diaryl/α,β-unsaturated/α-hetero) is 1. The van der Waals surface area contributed by atoms with E-state index in [0.29, 0.717) is 5.57 Å². The lowest BCUT2D eigenvalue weighted by molar-refractivity contribution is -0.120. The normalized spacial score (nSPS) is 31.6.